The Morgan fingerprint density at radius 1 is 0.974 bits per heavy atom. The lowest BCUT2D eigenvalue weighted by Crippen LogP contribution is -2.04. The molecule has 4 aromatic rings. The van der Waals surface area contributed by atoms with E-state index in [1.165, 1.54) is 19.3 Å². The Morgan fingerprint density at radius 3 is 2.29 bits per heavy atom. The van der Waals surface area contributed by atoms with Crippen molar-refractivity contribution in [2.24, 2.45) is 5.92 Å². The van der Waals surface area contributed by atoms with Gasteiger partial charge in [0.25, 0.3) is 0 Å². The lowest BCUT2D eigenvalue weighted by Gasteiger charge is -2.15. The normalized spacial score (nSPS) is 14.5. The Labute approximate surface area is 225 Å². The zero-order valence-electron chi connectivity index (χ0n) is 22.2. The number of hydrogen-bond acceptors (Lipinski definition) is 6. The maximum Gasteiger partial charge on any atom is 0.205 e. The van der Waals surface area contributed by atoms with Crippen LogP contribution in [0.25, 0.3) is 22.4 Å². The predicted octanol–water partition coefficient (Wildman–Crippen LogP) is 5.88. The summed E-state index contributed by atoms with van der Waals surface area (Å²) in [6.07, 6.45) is 9.45. The highest BCUT2D eigenvalue weighted by molar-refractivity contribution is 7.83. The van der Waals surface area contributed by atoms with E-state index in [4.69, 9.17) is 24.2 Å². The summed E-state index contributed by atoms with van der Waals surface area (Å²) in [7, 11) is 2.80. The van der Waals surface area contributed by atoms with Crippen LogP contribution in [0.3, 0.4) is 0 Å². The number of ether oxygens (including phenoxy) is 3. The Morgan fingerprint density at radius 2 is 1.66 bits per heavy atom. The van der Waals surface area contributed by atoms with Crippen LogP contribution in [-0.2, 0) is 15.2 Å². The smallest absolute Gasteiger partial charge is 0.205 e. The number of benzene rings is 2. The first-order valence-electron chi connectivity index (χ1n) is 12.8. The zero-order valence-corrected chi connectivity index (χ0v) is 23.0. The summed E-state index contributed by atoms with van der Waals surface area (Å²) in [5.41, 5.74) is 4.38. The molecule has 1 atom stereocenters. The molecular weight excluding hydrogens is 498 g/mol. The molecule has 0 N–H and O–H groups in total. The molecule has 1 saturated carbocycles. The highest BCUT2D eigenvalue weighted by atomic mass is 32.2. The molecule has 0 spiro atoms. The summed E-state index contributed by atoms with van der Waals surface area (Å²) in [5.74, 6) is 8.76. The minimum absolute atomic E-state index is 0.374. The first-order chi connectivity index (χ1) is 18.5. The fourth-order valence-electron chi connectivity index (χ4n) is 4.80. The quantitative estimate of drug-likeness (QED) is 0.176. The number of aryl methyl sites for hydroxylation is 1. The van der Waals surface area contributed by atoms with Gasteiger partial charge in [0.2, 0.25) is 22.4 Å². The van der Waals surface area contributed by atoms with Gasteiger partial charge in [-0.2, -0.15) is 0 Å². The second-order valence-electron chi connectivity index (χ2n) is 9.44. The molecule has 5 rings (SSSR count). The van der Waals surface area contributed by atoms with Gasteiger partial charge in [-0.3, -0.25) is 0 Å². The van der Waals surface area contributed by atoms with Crippen molar-refractivity contribution in [3.05, 3.63) is 59.9 Å². The molecular formula is C30H32N3O4S+. The number of methoxy groups -OCH3 is 3. The molecule has 8 heteroatoms. The van der Waals surface area contributed by atoms with Gasteiger partial charge in [-0.25, -0.2) is 9.97 Å². The van der Waals surface area contributed by atoms with E-state index in [1.807, 2.05) is 49.5 Å². The topological polar surface area (TPSA) is 75.5 Å². The number of aromatic nitrogens is 3. The summed E-state index contributed by atoms with van der Waals surface area (Å²) in [4.78, 5) is 10.4. The van der Waals surface area contributed by atoms with E-state index in [2.05, 4.69) is 11.8 Å². The van der Waals surface area contributed by atoms with Crippen molar-refractivity contribution in [2.45, 2.75) is 43.9 Å². The fraction of sp³-hybridized carbons (Fsp3) is 0.333. The van der Waals surface area contributed by atoms with E-state index in [-0.39, 0.29) is 0 Å². The van der Waals surface area contributed by atoms with Crippen LogP contribution >= 0.6 is 0 Å². The molecule has 0 saturated heterocycles. The van der Waals surface area contributed by atoms with Crippen LogP contribution in [0.4, 0.5) is 0 Å². The van der Waals surface area contributed by atoms with Gasteiger partial charge in [0, 0.05) is 11.5 Å². The number of fused-ring (bicyclic) bond motifs is 1. The van der Waals surface area contributed by atoms with Gasteiger partial charge < -0.3 is 14.2 Å². The minimum Gasteiger partial charge on any atom is -0.493 e. The molecule has 0 aliphatic heterocycles. The van der Waals surface area contributed by atoms with Crippen LogP contribution in [0.2, 0.25) is 0 Å². The number of thiol groups is 1. The van der Waals surface area contributed by atoms with E-state index >= 15 is 0 Å². The first kappa shape index (κ1) is 25.8. The number of rotatable bonds is 6. The van der Waals surface area contributed by atoms with E-state index in [9.17, 15) is 4.21 Å². The van der Waals surface area contributed by atoms with Crippen LogP contribution in [0.1, 0.15) is 43.2 Å². The van der Waals surface area contributed by atoms with Crippen molar-refractivity contribution < 1.29 is 18.4 Å². The third-order valence-corrected chi connectivity index (χ3v) is 8.34. The van der Waals surface area contributed by atoms with Gasteiger partial charge in [-0.15, -0.1) is 3.97 Å². The Balaban J connectivity index is 1.64. The van der Waals surface area contributed by atoms with Crippen LogP contribution in [-0.4, -0.2) is 35.3 Å². The largest absolute Gasteiger partial charge is 0.493 e. The second-order valence-corrected chi connectivity index (χ2v) is 10.9. The van der Waals surface area contributed by atoms with Crippen molar-refractivity contribution in [1.82, 2.24) is 13.9 Å². The second kappa shape index (κ2) is 11.3. The van der Waals surface area contributed by atoms with Crippen molar-refractivity contribution in [3.8, 4) is 40.3 Å². The average Bonchev–Trinajstić information content (AvgIpc) is 3.33. The monoisotopic (exact) mass is 530 g/mol. The van der Waals surface area contributed by atoms with Gasteiger partial charge in [-0.05, 0) is 44.0 Å². The standard InChI is InChI=1S/C30H31N3O4S/c1-20-10-14-24(15-11-20)38(34)33-19-22(13-12-21-8-6-5-7-9-21)28-30(33)31-18-25(32-28)23-16-26(35-2)29(37-4)27(17-23)36-3/h10-11,14-19,21H,5-9H2,1-4H3/p+1. The highest BCUT2D eigenvalue weighted by Gasteiger charge is 2.22. The zero-order chi connectivity index (χ0) is 26.6. The fourth-order valence-corrected chi connectivity index (χ4v) is 5.99. The molecule has 38 heavy (non-hydrogen) atoms. The number of nitrogens with zero attached hydrogens (tertiary/aromatic N) is 3. The van der Waals surface area contributed by atoms with Crippen LogP contribution in [0.15, 0.2) is 53.7 Å². The summed E-state index contributed by atoms with van der Waals surface area (Å²) in [6, 6.07) is 11.4. The van der Waals surface area contributed by atoms with Gasteiger partial charge in [-0.1, -0.05) is 53.0 Å². The van der Waals surface area contributed by atoms with Crippen molar-refractivity contribution in [1.29, 1.82) is 0 Å². The highest BCUT2D eigenvalue weighted by Crippen LogP contribution is 2.41. The van der Waals surface area contributed by atoms with E-state index in [0.717, 1.165) is 34.4 Å². The Hall–Kier alpha value is -3.83. The molecule has 0 radical (unpaired) electrons. The van der Waals surface area contributed by atoms with Crippen LogP contribution in [0, 0.1) is 24.7 Å². The Bertz CT molecular complexity index is 1520. The molecule has 7 nitrogen and oxygen atoms in total. The summed E-state index contributed by atoms with van der Waals surface area (Å²) >= 11 is 0. The summed E-state index contributed by atoms with van der Waals surface area (Å²) in [5, 5.41) is 0. The SMILES string of the molecule is COc1cc(-c2cnc3c(n2)c(C#CC2CCCCC2)cn3[SH+](=O)c2ccc(C)cc2)cc(OC)c1OC. The van der Waals surface area contributed by atoms with Crippen molar-refractivity contribution in [2.75, 3.05) is 21.3 Å². The van der Waals surface area contributed by atoms with E-state index in [1.54, 1.807) is 31.5 Å². The van der Waals surface area contributed by atoms with Crippen molar-refractivity contribution in [3.63, 3.8) is 0 Å². The van der Waals surface area contributed by atoms with Gasteiger partial charge in [0.05, 0.1) is 45.0 Å². The summed E-state index contributed by atoms with van der Waals surface area (Å²) in [6.45, 7) is 2.01. The average molecular weight is 531 g/mol. The molecule has 1 unspecified atom stereocenters. The molecule has 1 fully saturated rings. The van der Waals surface area contributed by atoms with Gasteiger partial charge in [0.1, 0.15) is 5.52 Å². The summed E-state index contributed by atoms with van der Waals surface area (Å²) < 4.78 is 31.9. The lowest BCUT2D eigenvalue weighted by molar-refractivity contribution is 0.324. The Kier molecular flexibility index (Phi) is 7.66. The molecule has 2 aromatic heterocycles. The van der Waals surface area contributed by atoms with Crippen LogP contribution < -0.4 is 14.2 Å². The molecule has 2 aromatic carbocycles. The predicted molar refractivity (Wildman–Crippen MR) is 150 cm³/mol. The molecule has 1 aliphatic rings. The lowest BCUT2D eigenvalue weighted by atomic mass is 9.90. The third kappa shape index (κ3) is 5.11. The first-order valence-corrected chi connectivity index (χ1v) is 14.0. The van der Waals surface area contributed by atoms with Gasteiger partial charge in [0.15, 0.2) is 16.4 Å². The maximum absolute atomic E-state index is 13.6. The minimum atomic E-state index is -1.93. The molecule has 196 valence electrons. The molecule has 0 amide bonds. The molecule has 1 aliphatic carbocycles. The van der Waals surface area contributed by atoms with Crippen LogP contribution in [0.5, 0.6) is 17.2 Å². The maximum atomic E-state index is 13.6. The number of hydrogen-bond donors (Lipinski definition) is 0. The van der Waals surface area contributed by atoms with E-state index < -0.39 is 11.0 Å². The third-order valence-electron chi connectivity index (χ3n) is 6.90. The van der Waals surface area contributed by atoms with Gasteiger partial charge >= 0.3 is 0 Å². The molecule has 0 bridgehead atoms. The van der Waals surface area contributed by atoms with E-state index in [0.29, 0.717) is 40.0 Å². The molecule has 2 heterocycles. The van der Waals surface area contributed by atoms with Crippen molar-refractivity contribution >= 4 is 22.1 Å².